The van der Waals surface area contributed by atoms with Crippen LogP contribution in [-0.2, 0) is 4.79 Å². The summed E-state index contributed by atoms with van der Waals surface area (Å²) in [5.74, 6) is -0.000846. The number of anilines is 2. The molecule has 7 heteroatoms. The molecule has 0 saturated heterocycles. The van der Waals surface area contributed by atoms with E-state index in [1.54, 1.807) is 18.2 Å². The Bertz CT molecular complexity index is 1060. The largest absolute Gasteiger partial charge is 0.482 e. The van der Waals surface area contributed by atoms with Gasteiger partial charge >= 0.3 is 0 Å². The predicted octanol–water partition coefficient (Wildman–Crippen LogP) is 4.01. The quantitative estimate of drug-likeness (QED) is 0.721. The lowest BCUT2D eigenvalue weighted by Crippen LogP contribution is -2.25. The Morgan fingerprint density at radius 3 is 2.93 bits per heavy atom. The normalized spacial score (nSPS) is 12.7. The molecular weight excluding hydrogens is 362 g/mol. The predicted molar refractivity (Wildman–Crippen MR) is 106 cm³/mol. The molecule has 6 nitrogen and oxygen atoms in total. The molecule has 1 aromatic heterocycles. The Balaban J connectivity index is 1.53. The first-order chi connectivity index (χ1) is 13.0. The summed E-state index contributed by atoms with van der Waals surface area (Å²) in [4.78, 5) is 28.4. The third kappa shape index (κ3) is 3.54. The molecule has 0 fully saturated rings. The highest BCUT2D eigenvalue weighted by Crippen LogP contribution is 2.30. The van der Waals surface area contributed by atoms with Crippen molar-refractivity contribution in [2.75, 3.05) is 17.2 Å². The first kappa shape index (κ1) is 17.2. The second kappa shape index (κ2) is 6.85. The molecular formula is C20H17N3O3S. The average Bonchev–Trinajstić information content (AvgIpc) is 3.11. The molecule has 27 heavy (non-hydrogen) atoms. The van der Waals surface area contributed by atoms with Crippen LogP contribution in [0.5, 0.6) is 5.75 Å². The number of thiazole rings is 1. The molecule has 2 amide bonds. The van der Waals surface area contributed by atoms with Gasteiger partial charge in [-0.05, 0) is 43.7 Å². The van der Waals surface area contributed by atoms with Crippen molar-refractivity contribution in [3.05, 3.63) is 58.5 Å². The molecule has 0 saturated carbocycles. The van der Waals surface area contributed by atoms with E-state index in [0.717, 1.165) is 22.4 Å². The lowest BCUT2D eigenvalue weighted by Gasteiger charge is -2.18. The molecule has 2 aromatic carbocycles. The molecule has 2 N–H and O–H groups in total. The molecule has 4 rings (SSSR count). The summed E-state index contributed by atoms with van der Waals surface area (Å²) in [5, 5.41) is 7.99. The van der Waals surface area contributed by atoms with Crippen LogP contribution < -0.4 is 15.4 Å². The number of rotatable bonds is 3. The number of hydrogen-bond donors (Lipinski definition) is 2. The Kier molecular flexibility index (Phi) is 4.37. The molecule has 3 aromatic rings. The minimum absolute atomic E-state index is 0.0518. The van der Waals surface area contributed by atoms with E-state index in [4.69, 9.17) is 4.74 Å². The lowest BCUT2D eigenvalue weighted by molar-refractivity contribution is -0.118. The Morgan fingerprint density at radius 2 is 2.07 bits per heavy atom. The molecule has 0 aliphatic carbocycles. The van der Waals surface area contributed by atoms with E-state index in [0.29, 0.717) is 22.1 Å². The molecule has 0 atom stereocenters. The molecule has 0 spiro atoms. The van der Waals surface area contributed by atoms with Gasteiger partial charge in [-0.1, -0.05) is 17.7 Å². The van der Waals surface area contributed by atoms with Crippen molar-refractivity contribution >= 4 is 34.0 Å². The lowest BCUT2D eigenvalue weighted by atomic mass is 10.0. The minimum Gasteiger partial charge on any atom is -0.482 e. The number of carbonyl (C=O) groups is 2. The number of benzene rings is 2. The summed E-state index contributed by atoms with van der Waals surface area (Å²) in [6.45, 7) is 4.03. The van der Waals surface area contributed by atoms with E-state index < -0.39 is 0 Å². The van der Waals surface area contributed by atoms with Crippen molar-refractivity contribution < 1.29 is 14.3 Å². The first-order valence-corrected chi connectivity index (χ1v) is 9.29. The molecule has 0 unspecified atom stereocenters. The monoisotopic (exact) mass is 379 g/mol. The summed E-state index contributed by atoms with van der Waals surface area (Å²) in [7, 11) is 0. The highest BCUT2D eigenvalue weighted by molar-refractivity contribution is 7.14. The van der Waals surface area contributed by atoms with Gasteiger partial charge in [0.2, 0.25) is 0 Å². The average molecular weight is 379 g/mol. The maximum Gasteiger partial charge on any atom is 0.262 e. The van der Waals surface area contributed by atoms with E-state index in [2.05, 4.69) is 33.8 Å². The highest BCUT2D eigenvalue weighted by Gasteiger charge is 2.18. The second-order valence-corrected chi connectivity index (χ2v) is 7.22. The number of carbonyl (C=O) groups excluding carboxylic acids is 2. The number of aromatic nitrogens is 1. The highest BCUT2D eigenvalue weighted by atomic mass is 32.1. The van der Waals surface area contributed by atoms with E-state index in [9.17, 15) is 9.59 Å². The topological polar surface area (TPSA) is 80.3 Å². The van der Waals surface area contributed by atoms with E-state index in [1.807, 2.05) is 19.2 Å². The zero-order valence-electron chi connectivity index (χ0n) is 14.8. The van der Waals surface area contributed by atoms with Crippen LogP contribution >= 0.6 is 11.3 Å². The number of fused-ring (bicyclic) bond motifs is 1. The van der Waals surface area contributed by atoms with Crippen molar-refractivity contribution in [2.45, 2.75) is 13.8 Å². The van der Waals surface area contributed by atoms with Gasteiger partial charge < -0.3 is 10.1 Å². The van der Waals surface area contributed by atoms with Crippen molar-refractivity contribution in [1.29, 1.82) is 0 Å². The number of hydrogen-bond acceptors (Lipinski definition) is 5. The number of aryl methyl sites for hydroxylation is 2. The second-order valence-electron chi connectivity index (χ2n) is 6.36. The van der Waals surface area contributed by atoms with Crippen LogP contribution in [0.3, 0.4) is 0 Å². The van der Waals surface area contributed by atoms with Gasteiger partial charge in [0.05, 0.1) is 11.4 Å². The Hall–Kier alpha value is -3.19. The van der Waals surface area contributed by atoms with Crippen molar-refractivity contribution in [1.82, 2.24) is 4.98 Å². The summed E-state index contributed by atoms with van der Waals surface area (Å²) in [6.07, 6.45) is 0. The summed E-state index contributed by atoms with van der Waals surface area (Å²) in [5.41, 5.74) is 5.20. The molecule has 0 radical (unpaired) electrons. The number of ether oxygens (including phenoxy) is 1. The van der Waals surface area contributed by atoms with Gasteiger partial charge in [0.15, 0.2) is 11.7 Å². The fraction of sp³-hybridized carbons (Fsp3) is 0.150. The maximum absolute atomic E-state index is 12.5. The summed E-state index contributed by atoms with van der Waals surface area (Å²) in [6, 6.07) is 11.1. The standard InChI is InChI=1S/C20H17N3O3S/c1-11-3-4-12(2)14(7-11)16-10-27-20(22-16)23-19(25)13-5-6-15-17(8-13)26-9-18(24)21-15/h3-8,10H,9H2,1-2H3,(H,21,24)(H,22,23,25). The van der Waals surface area contributed by atoms with Crippen LogP contribution in [0, 0.1) is 13.8 Å². The van der Waals surface area contributed by atoms with Gasteiger partial charge in [0.1, 0.15) is 5.75 Å². The Labute approximate surface area is 160 Å². The molecule has 136 valence electrons. The van der Waals surface area contributed by atoms with Crippen LogP contribution in [0.1, 0.15) is 21.5 Å². The fourth-order valence-corrected chi connectivity index (χ4v) is 3.56. The van der Waals surface area contributed by atoms with Crippen molar-refractivity contribution in [2.24, 2.45) is 0 Å². The van der Waals surface area contributed by atoms with Crippen LogP contribution in [0.4, 0.5) is 10.8 Å². The van der Waals surface area contributed by atoms with E-state index in [-0.39, 0.29) is 18.4 Å². The van der Waals surface area contributed by atoms with Crippen LogP contribution in [-0.4, -0.2) is 23.4 Å². The maximum atomic E-state index is 12.5. The van der Waals surface area contributed by atoms with Crippen LogP contribution in [0.25, 0.3) is 11.3 Å². The van der Waals surface area contributed by atoms with Crippen molar-refractivity contribution in [3.63, 3.8) is 0 Å². The zero-order valence-corrected chi connectivity index (χ0v) is 15.6. The van der Waals surface area contributed by atoms with Crippen LogP contribution in [0.15, 0.2) is 41.8 Å². The third-order valence-electron chi connectivity index (χ3n) is 4.27. The third-order valence-corrected chi connectivity index (χ3v) is 5.03. The van der Waals surface area contributed by atoms with Gasteiger partial charge in [0.25, 0.3) is 11.8 Å². The molecule has 1 aliphatic heterocycles. The number of amides is 2. The molecule has 1 aliphatic rings. The first-order valence-electron chi connectivity index (χ1n) is 8.41. The van der Waals surface area contributed by atoms with Gasteiger partial charge in [-0.3, -0.25) is 14.9 Å². The van der Waals surface area contributed by atoms with Crippen LogP contribution in [0.2, 0.25) is 0 Å². The molecule has 2 heterocycles. The number of nitrogens with one attached hydrogen (secondary N) is 2. The van der Waals surface area contributed by atoms with E-state index >= 15 is 0 Å². The van der Waals surface area contributed by atoms with Gasteiger partial charge in [0, 0.05) is 16.5 Å². The minimum atomic E-state index is -0.278. The fourth-order valence-electron chi connectivity index (χ4n) is 2.85. The zero-order chi connectivity index (χ0) is 19.0. The smallest absolute Gasteiger partial charge is 0.262 e. The SMILES string of the molecule is Cc1ccc(C)c(-c2csc(NC(=O)c3ccc4c(c3)OCC(=O)N4)n2)c1. The van der Waals surface area contributed by atoms with Gasteiger partial charge in [-0.15, -0.1) is 11.3 Å². The summed E-state index contributed by atoms with van der Waals surface area (Å²) >= 11 is 1.38. The van der Waals surface area contributed by atoms with E-state index in [1.165, 1.54) is 11.3 Å². The summed E-state index contributed by atoms with van der Waals surface area (Å²) < 4.78 is 5.36. The molecule has 0 bridgehead atoms. The van der Waals surface area contributed by atoms with Gasteiger partial charge in [-0.2, -0.15) is 0 Å². The van der Waals surface area contributed by atoms with Gasteiger partial charge in [-0.25, -0.2) is 4.98 Å². The van der Waals surface area contributed by atoms with Crippen molar-refractivity contribution in [3.8, 4) is 17.0 Å². The Morgan fingerprint density at radius 1 is 1.22 bits per heavy atom. The number of nitrogens with zero attached hydrogens (tertiary/aromatic N) is 1.